The van der Waals surface area contributed by atoms with Crippen LogP contribution in [-0.2, 0) is 14.0 Å². The van der Waals surface area contributed by atoms with Crippen molar-refractivity contribution in [2.45, 2.75) is 91.1 Å². The molecule has 0 heterocycles. The number of hydrogen-bond acceptors (Lipinski definition) is 4. The lowest BCUT2D eigenvalue weighted by atomic mass is 10.0. The van der Waals surface area contributed by atoms with E-state index in [0.717, 1.165) is 0 Å². The molecule has 2 unspecified atom stereocenters. The zero-order valence-electron chi connectivity index (χ0n) is 32.5. The molecule has 4 rings (SSSR count). The molecule has 0 aromatic heterocycles. The summed E-state index contributed by atoms with van der Waals surface area (Å²) >= 11 is 0. The minimum Gasteiger partial charge on any atom is -1.00 e. The number of alkyl carbamates (subject to hydrolysis) is 1. The fraction of sp³-hybridized carbons (Fsp3) is 0.395. The fourth-order valence-corrected chi connectivity index (χ4v) is 15.2. The zero-order valence-corrected chi connectivity index (χ0v) is 36.6. The van der Waals surface area contributed by atoms with Crippen LogP contribution in [0.4, 0.5) is 4.79 Å². The largest absolute Gasteiger partial charge is 1.00 e. The van der Waals surface area contributed by atoms with Gasteiger partial charge in [0.05, 0.1) is 42.8 Å². The molecule has 0 fully saturated rings. The summed E-state index contributed by atoms with van der Waals surface area (Å²) in [6, 6.07) is 41.2. The van der Waals surface area contributed by atoms with Gasteiger partial charge in [0.15, 0.2) is 0 Å². The summed E-state index contributed by atoms with van der Waals surface area (Å²) in [7, 11) is -5.08. The molecule has 0 aliphatic rings. The second-order valence-corrected chi connectivity index (χ2v) is 24.0. The predicted molar refractivity (Wildman–Crippen MR) is 218 cm³/mol. The van der Waals surface area contributed by atoms with E-state index in [-0.39, 0.29) is 40.8 Å². The van der Waals surface area contributed by atoms with Crippen molar-refractivity contribution < 1.29 is 42.7 Å². The van der Waals surface area contributed by atoms with Crippen molar-refractivity contribution in [1.82, 2.24) is 10.6 Å². The highest BCUT2D eigenvalue weighted by Crippen LogP contribution is 2.53. The van der Waals surface area contributed by atoms with Crippen LogP contribution in [-0.4, -0.2) is 56.9 Å². The van der Waals surface area contributed by atoms with E-state index in [1.54, 1.807) is 0 Å². The van der Waals surface area contributed by atoms with E-state index < -0.39 is 45.5 Å². The van der Waals surface area contributed by atoms with Crippen LogP contribution in [0.2, 0.25) is 5.04 Å². The van der Waals surface area contributed by atoms with E-state index in [0.29, 0.717) is 6.16 Å². The zero-order chi connectivity index (χ0) is 37.5. The Labute approximate surface area is 331 Å². The number of benzene rings is 4. The Bertz CT molecular complexity index is 1620. The van der Waals surface area contributed by atoms with Crippen LogP contribution in [0.5, 0.6) is 0 Å². The quantitative estimate of drug-likeness (QED) is 0.120. The molecule has 0 bridgehead atoms. The maximum absolute atomic E-state index is 14.4. The number of rotatable bonds is 13. The van der Waals surface area contributed by atoms with E-state index in [1.165, 1.54) is 21.0 Å². The summed E-state index contributed by atoms with van der Waals surface area (Å²) in [5.74, 6) is -0.443. The first kappa shape index (κ1) is 43.4. The summed E-state index contributed by atoms with van der Waals surface area (Å²) in [5.41, 5.74) is -0.694. The first-order chi connectivity index (χ1) is 24.0. The lowest BCUT2D eigenvalue weighted by Crippen LogP contribution is -3.00. The Hall–Kier alpha value is -3.04. The molecular formula is C43H58IN2O4PSi. The average Bonchev–Trinajstić information content (AvgIpc) is 3.09. The second kappa shape index (κ2) is 18.3. The van der Waals surface area contributed by atoms with Gasteiger partial charge in [-0.2, -0.15) is 0 Å². The van der Waals surface area contributed by atoms with Crippen LogP contribution in [0, 0.1) is 5.92 Å². The Kier molecular flexibility index (Phi) is 15.3. The highest BCUT2D eigenvalue weighted by Gasteiger charge is 2.53. The van der Waals surface area contributed by atoms with Gasteiger partial charge in [0.1, 0.15) is 11.6 Å². The molecule has 0 aliphatic heterocycles. The number of ether oxygens (including phenoxy) is 1. The number of carbonyl (C=O) groups excluding carboxylic acids is 2. The third-order valence-electron chi connectivity index (χ3n) is 9.51. The third kappa shape index (κ3) is 10.5. The molecule has 0 saturated carbocycles. The number of nitrogens with one attached hydrogen (secondary N) is 2. The molecule has 9 heteroatoms. The van der Waals surface area contributed by atoms with Gasteiger partial charge in [-0.05, 0) is 73.3 Å². The van der Waals surface area contributed by atoms with E-state index in [4.69, 9.17) is 9.16 Å². The summed E-state index contributed by atoms with van der Waals surface area (Å²) in [4.78, 5) is 27.4. The summed E-state index contributed by atoms with van der Waals surface area (Å²) in [6.45, 7) is 20.6. The molecule has 4 aromatic rings. The lowest BCUT2D eigenvalue weighted by Gasteiger charge is -2.46. The van der Waals surface area contributed by atoms with Crippen molar-refractivity contribution >= 4 is 48.6 Å². The summed E-state index contributed by atoms with van der Waals surface area (Å²) < 4.78 is 13.2. The van der Waals surface area contributed by atoms with E-state index in [2.05, 4.69) is 142 Å². The molecule has 0 aliphatic carbocycles. The molecule has 52 heavy (non-hydrogen) atoms. The van der Waals surface area contributed by atoms with E-state index >= 15 is 0 Å². The molecule has 4 aromatic carbocycles. The van der Waals surface area contributed by atoms with Crippen molar-refractivity contribution in [3.05, 3.63) is 121 Å². The van der Waals surface area contributed by atoms with E-state index in [9.17, 15) is 9.59 Å². The van der Waals surface area contributed by atoms with E-state index in [1.807, 2.05) is 58.9 Å². The smallest absolute Gasteiger partial charge is 0.408 e. The summed E-state index contributed by atoms with van der Waals surface area (Å²) in [6.07, 6.45) is -0.361. The van der Waals surface area contributed by atoms with Gasteiger partial charge in [0.2, 0.25) is 5.91 Å². The second-order valence-electron chi connectivity index (χ2n) is 16.0. The topological polar surface area (TPSA) is 76.7 Å². The fourth-order valence-electron chi connectivity index (χ4n) is 6.87. The molecular weight excluding hydrogens is 794 g/mol. The summed E-state index contributed by atoms with van der Waals surface area (Å²) in [5, 5.41) is 10.9. The van der Waals surface area contributed by atoms with Crippen LogP contribution in [0.3, 0.4) is 0 Å². The van der Waals surface area contributed by atoms with Gasteiger partial charge in [-0.15, -0.1) is 0 Å². The van der Waals surface area contributed by atoms with Gasteiger partial charge in [0, 0.05) is 0 Å². The standard InChI is InChI=1S/C43H57N2O4PSi.HI/c1-32(2)39(45-41(47)48-42(4,5)6)40(46)44-38(31-50(10,34-23-15-11-16-24-34)35-25-17-12-18-26-35)33(3)49-51(43(7,8)9,36-27-19-13-20-28-36)37-29-21-14-22-30-37;/h11-30,32-33,38-39H,31H2,1-10H3,(H-,44,45,46,47);1H/t33?,38-,39?;/m1./s1. The van der Waals surface area contributed by atoms with Crippen molar-refractivity contribution in [2.24, 2.45) is 5.92 Å². The van der Waals surface area contributed by atoms with Crippen LogP contribution < -0.4 is 55.6 Å². The molecule has 3 atom stereocenters. The maximum Gasteiger partial charge on any atom is 0.408 e. The maximum atomic E-state index is 14.4. The number of halogens is 1. The van der Waals surface area contributed by atoms with Gasteiger partial charge < -0.3 is 43.8 Å². The lowest BCUT2D eigenvalue weighted by molar-refractivity contribution is -0.125. The molecule has 0 spiro atoms. The van der Waals surface area contributed by atoms with Crippen LogP contribution in [0.15, 0.2) is 121 Å². The van der Waals surface area contributed by atoms with Crippen LogP contribution in [0.25, 0.3) is 0 Å². The molecule has 0 saturated heterocycles. The molecule has 2 N–H and O–H groups in total. The highest BCUT2D eigenvalue weighted by molar-refractivity contribution is 7.89. The minimum atomic E-state index is -2.99. The normalized spacial score (nSPS) is 14.1. The van der Waals surface area contributed by atoms with Gasteiger partial charge in [-0.3, -0.25) is 4.79 Å². The van der Waals surface area contributed by atoms with Crippen molar-refractivity contribution in [1.29, 1.82) is 0 Å². The third-order valence-corrected chi connectivity index (χ3v) is 18.6. The number of amides is 2. The Balaban J connectivity index is 0.00000729. The molecule has 2 amide bonds. The molecule has 0 radical (unpaired) electrons. The van der Waals surface area contributed by atoms with Crippen molar-refractivity contribution in [3.8, 4) is 0 Å². The van der Waals surface area contributed by atoms with Gasteiger partial charge in [-0.1, -0.05) is 132 Å². The average molecular weight is 853 g/mol. The first-order valence-corrected chi connectivity index (χ1v) is 22.4. The SMILES string of the molecule is CC(C)C(NC(=O)OC(C)(C)C)C(=O)N[C@H](C[P+](C)(c1ccccc1)c1ccccc1)C(C)O[Si](c1ccccc1)(c1ccccc1)C(C)(C)C.[I-]. The van der Waals surface area contributed by atoms with Crippen LogP contribution >= 0.6 is 7.26 Å². The van der Waals surface area contributed by atoms with Crippen molar-refractivity contribution in [2.75, 3.05) is 12.8 Å². The Morgan fingerprint density at radius 3 is 1.44 bits per heavy atom. The number of hydrogen-bond donors (Lipinski definition) is 2. The predicted octanol–water partition coefficient (Wildman–Crippen LogP) is 4.29. The molecule has 280 valence electrons. The Morgan fingerprint density at radius 2 is 1.08 bits per heavy atom. The monoisotopic (exact) mass is 852 g/mol. The van der Waals surface area contributed by atoms with Crippen molar-refractivity contribution in [3.63, 3.8) is 0 Å². The minimum absolute atomic E-state index is 0. The first-order valence-electron chi connectivity index (χ1n) is 18.0. The van der Waals surface area contributed by atoms with Gasteiger partial charge >= 0.3 is 6.09 Å². The van der Waals surface area contributed by atoms with Gasteiger partial charge in [0.25, 0.3) is 8.32 Å². The van der Waals surface area contributed by atoms with Crippen LogP contribution in [0.1, 0.15) is 62.3 Å². The molecule has 6 nitrogen and oxygen atoms in total. The number of carbonyl (C=O) groups is 2. The van der Waals surface area contributed by atoms with Gasteiger partial charge in [-0.25, -0.2) is 4.79 Å². The Morgan fingerprint density at radius 1 is 0.673 bits per heavy atom. The highest BCUT2D eigenvalue weighted by atomic mass is 127.